The molecule has 0 atom stereocenters. The van der Waals surface area contributed by atoms with Crippen LogP contribution in [0.2, 0.25) is 0 Å². The molecule has 1 aromatic heterocycles. The molecule has 7 heteroatoms. The van der Waals surface area contributed by atoms with E-state index in [2.05, 4.69) is 4.98 Å². The molecule has 0 aliphatic rings. The molecule has 0 bridgehead atoms. The number of aliphatic carboxylic acids is 1. The quantitative estimate of drug-likeness (QED) is 0.620. The first kappa shape index (κ1) is 13.9. The predicted octanol–water partition coefficient (Wildman–Crippen LogP) is 0.831. The second-order valence-electron chi connectivity index (χ2n) is 4.21. The van der Waals surface area contributed by atoms with Crippen LogP contribution in [-0.2, 0) is 11.2 Å². The Labute approximate surface area is 114 Å². The van der Waals surface area contributed by atoms with Crippen molar-refractivity contribution >= 4 is 22.8 Å². The maximum atomic E-state index is 11.2. The molecular weight excluding hydrogens is 264 g/mol. The Hall–Kier alpha value is -2.54. The molecule has 0 aliphatic heterocycles. The van der Waals surface area contributed by atoms with Gasteiger partial charge in [-0.1, -0.05) is 0 Å². The number of hydrogen-bond donors (Lipinski definition) is 4. The minimum Gasteiger partial charge on any atom is -0.482 e. The number of benzene rings is 1. The number of nitrogens with one attached hydrogen (secondary N) is 1. The molecule has 1 heterocycles. The highest BCUT2D eigenvalue weighted by Gasteiger charge is 2.17. The average Bonchev–Trinajstić information content (AvgIpc) is 2.75. The van der Waals surface area contributed by atoms with E-state index in [-0.39, 0.29) is 5.69 Å². The van der Waals surface area contributed by atoms with Crippen molar-refractivity contribution in [2.24, 2.45) is 5.73 Å². The molecule has 0 spiro atoms. The van der Waals surface area contributed by atoms with Gasteiger partial charge in [-0.25, -0.2) is 9.59 Å². The lowest BCUT2D eigenvalue weighted by molar-refractivity contribution is -0.139. The molecule has 0 fully saturated rings. The Morgan fingerprint density at radius 3 is 2.65 bits per heavy atom. The average molecular weight is 278 g/mol. The topological polar surface area (TPSA) is 126 Å². The third kappa shape index (κ3) is 2.72. The highest BCUT2D eigenvalue weighted by molar-refractivity contribution is 5.97. The number of H-pyrrole nitrogens is 1. The maximum Gasteiger partial charge on any atom is 0.352 e. The van der Waals surface area contributed by atoms with Gasteiger partial charge < -0.3 is 25.7 Å². The van der Waals surface area contributed by atoms with Gasteiger partial charge in [0, 0.05) is 10.9 Å². The molecule has 0 aliphatic carbocycles. The smallest absolute Gasteiger partial charge is 0.352 e. The summed E-state index contributed by atoms with van der Waals surface area (Å²) >= 11 is 0. The second kappa shape index (κ2) is 5.62. The number of rotatable bonds is 6. The highest BCUT2D eigenvalue weighted by Crippen LogP contribution is 2.27. The molecular formula is C13H14N2O5. The van der Waals surface area contributed by atoms with Crippen molar-refractivity contribution in [3.05, 3.63) is 29.5 Å². The first-order valence-corrected chi connectivity index (χ1v) is 5.95. The largest absolute Gasteiger partial charge is 0.482 e. The standard InChI is InChI=1S/C13H14N2O5/c14-4-3-8-9-5-7(20-6-11(16)17)1-2-10(9)15-12(8)13(18)19/h1-2,5,15H,3-4,6,14H2,(H,16,17)(H,18,19). The number of aromatic carboxylic acids is 1. The summed E-state index contributed by atoms with van der Waals surface area (Å²) in [6.45, 7) is -0.138. The fourth-order valence-electron chi connectivity index (χ4n) is 2.05. The van der Waals surface area contributed by atoms with Gasteiger partial charge in [0.15, 0.2) is 6.61 Å². The Morgan fingerprint density at radius 1 is 1.30 bits per heavy atom. The van der Waals surface area contributed by atoms with E-state index in [0.29, 0.717) is 35.2 Å². The molecule has 5 N–H and O–H groups in total. The van der Waals surface area contributed by atoms with Crippen LogP contribution < -0.4 is 10.5 Å². The molecule has 0 unspecified atom stereocenters. The SMILES string of the molecule is NCCc1c(C(=O)O)[nH]c2ccc(OCC(=O)O)cc12. The summed E-state index contributed by atoms with van der Waals surface area (Å²) in [4.78, 5) is 24.5. The number of carboxylic acid groups (broad SMARTS) is 2. The Balaban J connectivity index is 2.46. The zero-order chi connectivity index (χ0) is 14.7. The number of aromatic amines is 1. The van der Waals surface area contributed by atoms with Gasteiger partial charge in [-0.05, 0) is 36.7 Å². The minimum atomic E-state index is -1.08. The summed E-state index contributed by atoms with van der Waals surface area (Å²) in [6, 6.07) is 4.85. The summed E-state index contributed by atoms with van der Waals surface area (Å²) in [5.74, 6) is -1.76. The van der Waals surface area contributed by atoms with Crippen molar-refractivity contribution < 1.29 is 24.5 Å². The number of fused-ring (bicyclic) bond motifs is 1. The third-order valence-corrected chi connectivity index (χ3v) is 2.85. The zero-order valence-electron chi connectivity index (χ0n) is 10.5. The van der Waals surface area contributed by atoms with Crippen LogP contribution in [0.1, 0.15) is 16.1 Å². The maximum absolute atomic E-state index is 11.2. The van der Waals surface area contributed by atoms with Crippen molar-refractivity contribution in [2.45, 2.75) is 6.42 Å². The first-order valence-electron chi connectivity index (χ1n) is 5.95. The lowest BCUT2D eigenvalue weighted by Crippen LogP contribution is -2.09. The number of hydrogen-bond acceptors (Lipinski definition) is 4. The van der Waals surface area contributed by atoms with Gasteiger partial charge in [0.05, 0.1) is 0 Å². The molecule has 2 aromatic rings. The molecule has 1 aromatic carbocycles. The second-order valence-corrected chi connectivity index (χ2v) is 4.21. The summed E-state index contributed by atoms with van der Waals surface area (Å²) < 4.78 is 5.09. The fraction of sp³-hybridized carbons (Fsp3) is 0.231. The lowest BCUT2D eigenvalue weighted by atomic mass is 10.1. The summed E-state index contributed by atoms with van der Waals surface area (Å²) in [5, 5.41) is 18.4. The van der Waals surface area contributed by atoms with Gasteiger partial charge in [-0.15, -0.1) is 0 Å². The van der Waals surface area contributed by atoms with Crippen LogP contribution >= 0.6 is 0 Å². The van der Waals surface area contributed by atoms with Gasteiger partial charge >= 0.3 is 11.9 Å². The zero-order valence-corrected chi connectivity index (χ0v) is 10.5. The van der Waals surface area contributed by atoms with Crippen molar-refractivity contribution in [3.63, 3.8) is 0 Å². The number of ether oxygens (including phenoxy) is 1. The number of aromatic nitrogens is 1. The fourth-order valence-corrected chi connectivity index (χ4v) is 2.05. The van der Waals surface area contributed by atoms with E-state index in [1.54, 1.807) is 18.2 Å². The summed E-state index contributed by atoms with van der Waals surface area (Å²) in [6.07, 6.45) is 0.407. The van der Waals surface area contributed by atoms with E-state index in [0.717, 1.165) is 0 Å². The van der Waals surface area contributed by atoms with Gasteiger partial charge in [0.2, 0.25) is 0 Å². The van der Waals surface area contributed by atoms with E-state index in [1.807, 2.05) is 0 Å². The van der Waals surface area contributed by atoms with Gasteiger partial charge in [0.1, 0.15) is 11.4 Å². The molecule has 7 nitrogen and oxygen atoms in total. The molecule has 20 heavy (non-hydrogen) atoms. The van der Waals surface area contributed by atoms with Crippen molar-refractivity contribution in [1.82, 2.24) is 4.98 Å². The first-order chi connectivity index (χ1) is 9.52. The van der Waals surface area contributed by atoms with Crippen LogP contribution in [0.3, 0.4) is 0 Å². The minimum absolute atomic E-state index is 0.0980. The van der Waals surface area contributed by atoms with Crippen LogP contribution in [-0.4, -0.2) is 40.3 Å². The Kier molecular flexibility index (Phi) is 3.90. The van der Waals surface area contributed by atoms with Crippen LogP contribution in [0.25, 0.3) is 10.9 Å². The highest BCUT2D eigenvalue weighted by atomic mass is 16.5. The molecule has 0 saturated heterocycles. The van der Waals surface area contributed by atoms with Crippen LogP contribution in [0.5, 0.6) is 5.75 Å². The van der Waals surface area contributed by atoms with Crippen molar-refractivity contribution in [1.29, 1.82) is 0 Å². The summed E-state index contributed by atoms with van der Waals surface area (Å²) in [7, 11) is 0. The van der Waals surface area contributed by atoms with Gasteiger partial charge in [0.25, 0.3) is 0 Å². The lowest BCUT2D eigenvalue weighted by Gasteiger charge is -2.04. The monoisotopic (exact) mass is 278 g/mol. The van der Waals surface area contributed by atoms with E-state index >= 15 is 0 Å². The molecule has 106 valence electrons. The molecule has 0 saturated carbocycles. The number of carbonyl (C=O) groups is 2. The Bertz CT molecular complexity index is 662. The van der Waals surface area contributed by atoms with E-state index < -0.39 is 18.5 Å². The van der Waals surface area contributed by atoms with Crippen LogP contribution in [0.15, 0.2) is 18.2 Å². The summed E-state index contributed by atoms with van der Waals surface area (Å²) in [5.41, 5.74) is 6.84. The normalized spacial score (nSPS) is 10.7. The predicted molar refractivity (Wildman–Crippen MR) is 71.1 cm³/mol. The van der Waals surface area contributed by atoms with E-state index in [1.165, 1.54) is 0 Å². The van der Waals surface area contributed by atoms with Gasteiger partial charge in [-0.3, -0.25) is 0 Å². The molecule has 2 rings (SSSR count). The van der Waals surface area contributed by atoms with Crippen molar-refractivity contribution in [3.8, 4) is 5.75 Å². The molecule has 0 amide bonds. The molecule has 0 radical (unpaired) electrons. The number of nitrogens with two attached hydrogens (primary N) is 1. The van der Waals surface area contributed by atoms with Gasteiger partial charge in [-0.2, -0.15) is 0 Å². The van der Waals surface area contributed by atoms with E-state index in [9.17, 15) is 9.59 Å². The van der Waals surface area contributed by atoms with Crippen molar-refractivity contribution in [2.75, 3.05) is 13.2 Å². The number of carboxylic acids is 2. The van der Waals surface area contributed by atoms with E-state index in [4.69, 9.17) is 20.7 Å². The Morgan fingerprint density at radius 2 is 2.05 bits per heavy atom. The van der Waals surface area contributed by atoms with Crippen LogP contribution in [0, 0.1) is 0 Å². The van der Waals surface area contributed by atoms with Crippen LogP contribution in [0.4, 0.5) is 0 Å². The third-order valence-electron chi connectivity index (χ3n) is 2.85.